The van der Waals surface area contributed by atoms with E-state index in [-0.39, 0.29) is 22.6 Å². The van der Waals surface area contributed by atoms with Crippen molar-refractivity contribution in [1.29, 1.82) is 0 Å². The number of nitrogens with zero attached hydrogens (tertiary/aromatic N) is 5. The predicted molar refractivity (Wildman–Crippen MR) is 66.0 cm³/mol. The molecule has 1 atom stereocenters. The average Bonchev–Trinajstić information content (AvgIpc) is 2.69. The van der Waals surface area contributed by atoms with Gasteiger partial charge in [0.2, 0.25) is 16.5 Å². The van der Waals surface area contributed by atoms with Crippen LogP contribution in [0.1, 0.15) is 0 Å². The number of halogens is 2. The third kappa shape index (κ3) is 2.04. The summed E-state index contributed by atoms with van der Waals surface area (Å²) in [5, 5.41) is 2.97. The van der Waals surface area contributed by atoms with E-state index in [2.05, 4.69) is 20.3 Å². The normalized spacial score (nSPS) is 23.0. The molecule has 2 aliphatic heterocycles. The number of nitrogens with one attached hydrogen (secondary N) is 1. The Bertz CT molecular complexity index is 478. The maximum absolute atomic E-state index is 11.5. The van der Waals surface area contributed by atoms with Gasteiger partial charge in [0.25, 0.3) is 0 Å². The fourth-order valence-corrected chi connectivity index (χ4v) is 2.60. The summed E-state index contributed by atoms with van der Waals surface area (Å²) < 4.78 is 0. The molecule has 3 heterocycles. The van der Waals surface area contributed by atoms with Crippen LogP contribution in [0.15, 0.2) is 0 Å². The van der Waals surface area contributed by atoms with Crippen molar-refractivity contribution in [3.05, 3.63) is 10.6 Å². The molecule has 2 aliphatic rings. The highest BCUT2D eigenvalue weighted by Gasteiger charge is 2.36. The molecule has 1 aromatic rings. The Hall–Kier alpha value is -1.34. The molecule has 96 valence electrons. The number of fused-ring (bicyclic) bond motifs is 1. The second-order valence-electron chi connectivity index (χ2n) is 4.15. The number of anilines is 1. The fourth-order valence-electron chi connectivity index (χ4n) is 2.24. The van der Waals surface area contributed by atoms with Crippen molar-refractivity contribution in [2.75, 3.05) is 31.1 Å². The van der Waals surface area contributed by atoms with E-state index in [0.29, 0.717) is 32.1 Å². The molecular formula is C9H10Cl2N6O. The van der Waals surface area contributed by atoms with Crippen LogP contribution in [0.5, 0.6) is 0 Å². The van der Waals surface area contributed by atoms with Gasteiger partial charge in [0.05, 0.1) is 6.04 Å². The molecule has 2 saturated heterocycles. The summed E-state index contributed by atoms with van der Waals surface area (Å²) in [7, 11) is 0. The van der Waals surface area contributed by atoms with Crippen molar-refractivity contribution >= 4 is 35.2 Å². The number of carbonyl (C=O) groups excluding carboxylic acids is 1. The van der Waals surface area contributed by atoms with Crippen LogP contribution in [0.2, 0.25) is 10.6 Å². The first-order valence-corrected chi connectivity index (χ1v) is 6.25. The van der Waals surface area contributed by atoms with Gasteiger partial charge in [-0.2, -0.15) is 15.0 Å². The third-order valence-electron chi connectivity index (χ3n) is 3.08. The van der Waals surface area contributed by atoms with Crippen LogP contribution in [0.4, 0.5) is 10.7 Å². The summed E-state index contributed by atoms with van der Waals surface area (Å²) in [6.45, 7) is 2.59. The summed E-state index contributed by atoms with van der Waals surface area (Å²) in [6.07, 6.45) is 0. The molecule has 9 heteroatoms. The van der Waals surface area contributed by atoms with Crippen LogP contribution >= 0.6 is 23.2 Å². The molecule has 1 N–H and O–H groups in total. The number of urea groups is 1. The van der Waals surface area contributed by atoms with E-state index in [4.69, 9.17) is 23.2 Å². The topological polar surface area (TPSA) is 74.2 Å². The van der Waals surface area contributed by atoms with Crippen LogP contribution in [-0.2, 0) is 0 Å². The smallest absolute Gasteiger partial charge is 0.317 e. The average molecular weight is 289 g/mol. The van der Waals surface area contributed by atoms with Gasteiger partial charge in [0.1, 0.15) is 0 Å². The monoisotopic (exact) mass is 288 g/mol. The van der Waals surface area contributed by atoms with Gasteiger partial charge >= 0.3 is 6.03 Å². The van der Waals surface area contributed by atoms with Crippen molar-refractivity contribution < 1.29 is 4.79 Å². The van der Waals surface area contributed by atoms with Crippen LogP contribution in [0, 0.1) is 0 Å². The summed E-state index contributed by atoms with van der Waals surface area (Å²) in [5.74, 6) is 0.457. The minimum atomic E-state index is -0.00800. The van der Waals surface area contributed by atoms with Crippen molar-refractivity contribution in [1.82, 2.24) is 25.2 Å². The van der Waals surface area contributed by atoms with Crippen molar-refractivity contribution in [2.24, 2.45) is 0 Å². The van der Waals surface area contributed by atoms with E-state index in [1.165, 1.54) is 0 Å². The summed E-state index contributed by atoms with van der Waals surface area (Å²) in [5.41, 5.74) is 0. The highest BCUT2D eigenvalue weighted by atomic mass is 35.5. The SMILES string of the molecule is O=C1NCC2CN(c3nc(Cl)nc(Cl)n3)CCN12. The lowest BCUT2D eigenvalue weighted by Gasteiger charge is -2.36. The fraction of sp³-hybridized carbons (Fsp3) is 0.556. The Labute approximate surface area is 113 Å². The first kappa shape index (κ1) is 11.7. The van der Waals surface area contributed by atoms with E-state index in [1.54, 1.807) is 0 Å². The van der Waals surface area contributed by atoms with Crippen LogP contribution in [0.3, 0.4) is 0 Å². The van der Waals surface area contributed by atoms with Crippen LogP contribution < -0.4 is 10.2 Å². The second-order valence-corrected chi connectivity index (χ2v) is 4.83. The van der Waals surface area contributed by atoms with Gasteiger partial charge in [-0.3, -0.25) is 0 Å². The molecule has 18 heavy (non-hydrogen) atoms. The molecule has 1 unspecified atom stereocenters. The number of carbonyl (C=O) groups is 1. The second kappa shape index (κ2) is 4.40. The molecular weight excluding hydrogens is 279 g/mol. The first-order valence-electron chi connectivity index (χ1n) is 5.50. The van der Waals surface area contributed by atoms with Gasteiger partial charge < -0.3 is 15.1 Å². The Kier molecular flexibility index (Phi) is 2.87. The highest BCUT2D eigenvalue weighted by Crippen LogP contribution is 2.20. The van der Waals surface area contributed by atoms with Gasteiger partial charge in [0, 0.05) is 26.2 Å². The third-order valence-corrected chi connectivity index (χ3v) is 3.42. The molecule has 0 aliphatic carbocycles. The lowest BCUT2D eigenvalue weighted by Crippen LogP contribution is -2.52. The summed E-state index contributed by atoms with van der Waals surface area (Å²) in [6, 6.07) is 0.131. The molecule has 2 amide bonds. The summed E-state index contributed by atoms with van der Waals surface area (Å²) >= 11 is 11.5. The zero-order valence-electron chi connectivity index (χ0n) is 9.31. The highest BCUT2D eigenvalue weighted by molar-refractivity contribution is 6.31. The lowest BCUT2D eigenvalue weighted by molar-refractivity contribution is 0.197. The predicted octanol–water partition coefficient (Wildman–Crippen LogP) is 0.392. The van der Waals surface area contributed by atoms with E-state index in [9.17, 15) is 4.79 Å². The Morgan fingerprint density at radius 3 is 2.61 bits per heavy atom. The number of hydrogen-bond donors (Lipinski definition) is 1. The number of aromatic nitrogens is 3. The Balaban J connectivity index is 1.80. The van der Waals surface area contributed by atoms with Crippen LogP contribution in [-0.4, -0.2) is 58.1 Å². The molecule has 2 fully saturated rings. The molecule has 3 rings (SSSR count). The Morgan fingerprint density at radius 2 is 1.89 bits per heavy atom. The van der Waals surface area contributed by atoms with E-state index in [1.807, 2.05) is 9.80 Å². The standard InChI is InChI=1S/C9H10Cl2N6O/c10-6-13-7(11)15-8(14-6)16-1-2-17-5(4-16)3-12-9(17)18/h5H,1-4H2,(H,12,18). The molecule has 0 radical (unpaired) electrons. The Morgan fingerprint density at radius 1 is 1.17 bits per heavy atom. The zero-order chi connectivity index (χ0) is 12.7. The van der Waals surface area contributed by atoms with E-state index in [0.717, 1.165) is 0 Å². The first-order chi connectivity index (χ1) is 8.63. The maximum atomic E-state index is 11.5. The van der Waals surface area contributed by atoms with Gasteiger partial charge in [-0.1, -0.05) is 0 Å². The van der Waals surface area contributed by atoms with E-state index < -0.39 is 0 Å². The summed E-state index contributed by atoms with van der Waals surface area (Å²) in [4.78, 5) is 27.1. The molecule has 7 nitrogen and oxygen atoms in total. The molecule has 0 aromatic carbocycles. The van der Waals surface area contributed by atoms with Gasteiger partial charge in [-0.15, -0.1) is 0 Å². The van der Waals surface area contributed by atoms with Crippen molar-refractivity contribution in [2.45, 2.75) is 6.04 Å². The van der Waals surface area contributed by atoms with Gasteiger partial charge in [0.15, 0.2) is 0 Å². The zero-order valence-corrected chi connectivity index (χ0v) is 10.8. The molecule has 0 spiro atoms. The largest absolute Gasteiger partial charge is 0.337 e. The lowest BCUT2D eigenvalue weighted by atomic mass is 10.2. The van der Waals surface area contributed by atoms with Gasteiger partial charge in [-0.05, 0) is 23.2 Å². The quantitative estimate of drug-likeness (QED) is 0.809. The van der Waals surface area contributed by atoms with Crippen molar-refractivity contribution in [3.63, 3.8) is 0 Å². The minimum Gasteiger partial charge on any atom is -0.337 e. The molecule has 1 aromatic heterocycles. The minimum absolute atomic E-state index is 0.00800. The van der Waals surface area contributed by atoms with Gasteiger partial charge in [-0.25, -0.2) is 4.79 Å². The number of rotatable bonds is 1. The maximum Gasteiger partial charge on any atom is 0.317 e. The van der Waals surface area contributed by atoms with Crippen LogP contribution in [0.25, 0.3) is 0 Å². The molecule has 0 saturated carbocycles. The molecule has 0 bridgehead atoms. The van der Waals surface area contributed by atoms with E-state index >= 15 is 0 Å². The number of piperazine rings is 1. The van der Waals surface area contributed by atoms with Crippen molar-refractivity contribution in [3.8, 4) is 0 Å². The number of hydrogen-bond acceptors (Lipinski definition) is 5. The number of amides is 2.